The number of aromatic nitrogens is 4. The Kier molecular flexibility index (Phi) is 3.39. The van der Waals surface area contributed by atoms with Crippen LogP contribution in [0.1, 0.15) is 11.1 Å². The van der Waals surface area contributed by atoms with Crippen LogP contribution in [-0.4, -0.2) is 26.3 Å². The highest BCUT2D eigenvalue weighted by Crippen LogP contribution is 2.20. The highest BCUT2D eigenvalue weighted by Gasteiger charge is 2.05. The lowest BCUT2D eigenvalue weighted by atomic mass is 10.1. The van der Waals surface area contributed by atoms with Crippen LogP contribution in [0.25, 0.3) is 10.9 Å². The number of hydrogen-bond donors (Lipinski definition) is 3. The molecule has 3 rings (SSSR count). The van der Waals surface area contributed by atoms with Crippen LogP contribution in [0.4, 0.5) is 5.95 Å². The van der Waals surface area contributed by atoms with E-state index in [0.29, 0.717) is 6.54 Å². The SMILES string of the molecule is Cn1ncnc1NCc1ccc2[nH]cc(CCN)c2c1. The number of aromatic amines is 1. The molecule has 0 radical (unpaired) electrons. The minimum absolute atomic E-state index is 0.661. The fourth-order valence-corrected chi connectivity index (χ4v) is 2.34. The Bertz CT molecular complexity index is 711. The average Bonchev–Trinajstić information content (AvgIpc) is 3.04. The first-order valence-electron chi connectivity index (χ1n) is 6.65. The maximum absolute atomic E-state index is 5.64. The van der Waals surface area contributed by atoms with E-state index in [1.54, 1.807) is 4.68 Å². The zero-order valence-electron chi connectivity index (χ0n) is 11.4. The van der Waals surface area contributed by atoms with E-state index in [2.05, 4.69) is 38.6 Å². The van der Waals surface area contributed by atoms with Gasteiger partial charge >= 0.3 is 0 Å². The smallest absolute Gasteiger partial charge is 0.221 e. The van der Waals surface area contributed by atoms with E-state index < -0.39 is 0 Å². The predicted octanol–water partition coefficient (Wildman–Crippen LogP) is 1.41. The number of H-pyrrole nitrogens is 1. The predicted molar refractivity (Wildman–Crippen MR) is 79.4 cm³/mol. The van der Waals surface area contributed by atoms with E-state index in [1.807, 2.05) is 13.2 Å². The van der Waals surface area contributed by atoms with E-state index in [-0.39, 0.29) is 0 Å². The van der Waals surface area contributed by atoms with Gasteiger partial charge in [-0.15, -0.1) is 0 Å². The number of nitrogens with one attached hydrogen (secondary N) is 2. The standard InChI is InChI=1S/C14H18N6/c1-20-14(18-9-19-20)17-7-10-2-3-13-12(6-10)11(4-5-15)8-16-13/h2-3,6,8-9,16H,4-5,7,15H2,1H3,(H,17,18,19). The Morgan fingerprint density at radius 2 is 2.30 bits per heavy atom. The summed E-state index contributed by atoms with van der Waals surface area (Å²) in [5.41, 5.74) is 9.27. The molecule has 0 bridgehead atoms. The Balaban J connectivity index is 1.81. The summed E-state index contributed by atoms with van der Waals surface area (Å²) in [5, 5.41) is 8.55. The van der Waals surface area contributed by atoms with Crippen molar-refractivity contribution in [1.82, 2.24) is 19.7 Å². The van der Waals surface area contributed by atoms with Crippen LogP contribution in [-0.2, 0) is 20.0 Å². The molecule has 0 aliphatic rings. The molecule has 0 atom stereocenters. The van der Waals surface area contributed by atoms with E-state index >= 15 is 0 Å². The van der Waals surface area contributed by atoms with Gasteiger partial charge in [0.1, 0.15) is 6.33 Å². The monoisotopic (exact) mass is 270 g/mol. The van der Waals surface area contributed by atoms with Crippen LogP contribution in [0.5, 0.6) is 0 Å². The van der Waals surface area contributed by atoms with Crippen molar-refractivity contribution in [2.75, 3.05) is 11.9 Å². The molecule has 20 heavy (non-hydrogen) atoms. The highest BCUT2D eigenvalue weighted by molar-refractivity contribution is 5.84. The Morgan fingerprint density at radius 3 is 3.05 bits per heavy atom. The van der Waals surface area contributed by atoms with Gasteiger partial charge in [0, 0.05) is 30.7 Å². The third-order valence-electron chi connectivity index (χ3n) is 3.41. The summed E-state index contributed by atoms with van der Waals surface area (Å²) in [4.78, 5) is 7.42. The molecule has 104 valence electrons. The van der Waals surface area contributed by atoms with E-state index in [1.165, 1.54) is 22.8 Å². The fraction of sp³-hybridized carbons (Fsp3) is 0.286. The van der Waals surface area contributed by atoms with Gasteiger partial charge < -0.3 is 16.0 Å². The number of rotatable bonds is 5. The lowest BCUT2D eigenvalue weighted by Gasteiger charge is -2.06. The number of aryl methyl sites for hydroxylation is 1. The molecule has 2 aromatic heterocycles. The Hall–Kier alpha value is -2.34. The molecule has 6 nitrogen and oxygen atoms in total. The lowest BCUT2D eigenvalue weighted by Crippen LogP contribution is -2.05. The number of nitrogens with two attached hydrogens (primary N) is 1. The van der Waals surface area contributed by atoms with E-state index in [9.17, 15) is 0 Å². The lowest BCUT2D eigenvalue weighted by molar-refractivity contribution is 0.767. The van der Waals surface area contributed by atoms with Gasteiger partial charge in [0.15, 0.2) is 0 Å². The first-order valence-corrected chi connectivity index (χ1v) is 6.65. The molecule has 0 aliphatic heterocycles. The molecule has 0 aliphatic carbocycles. The van der Waals surface area contributed by atoms with Gasteiger partial charge in [-0.25, -0.2) is 4.68 Å². The number of fused-ring (bicyclic) bond motifs is 1. The molecule has 0 spiro atoms. The van der Waals surface area contributed by atoms with Gasteiger partial charge in [-0.05, 0) is 36.2 Å². The van der Waals surface area contributed by atoms with Gasteiger partial charge in [0.25, 0.3) is 0 Å². The van der Waals surface area contributed by atoms with Crippen molar-refractivity contribution >= 4 is 16.9 Å². The fourth-order valence-electron chi connectivity index (χ4n) is 2.34. The van der Waals surface area contributed by atoms with Crippen molar-refractivity contribution in [2.24, 2.45) is 12.8 Å². The van der Waals surface area contributed by atoms with Crippen LogP contribution < -0.4 is 11.1 Å². The molecule has 0 saturated carbocycles. The topological polar surface area (TPSA) is 84.5 Å². The first-order chi connectivity index (χ1) is 9.78. The molecule has 0 saturated heterocycles. The average molecular weight is 270 g/mol. The first kappa shape index (κ1) is 12.7. The summed E-state index contributed by atoms with van der Waals surface area (Å²) < 4.78 is 1.72. The van der Waals surface area contributed by atoms with Crippen LogP contribution >= 0.6 is 0 Å². The molecule has 3 aromatic rings. The number of anilines is 1. The molecular formula is C14H18N6. The zero-order valence-corrected chi connectivity index (χ0v) is 11.4. The molecule has 2 heterocycles. The summed E-state index contributed by atoms with van der Waals surface area (Å²) in [5.74, 6) is 0.765. The van der Waals surface area contributed by atoms with Crippen molar-refractivity contribution in [3.8, 4) is 0 Å². The number of hydrogen-bond acceptors (Lipinski definition) is 4. The summed E-state index contributed by atoms with van der Waals surface area (Å²) >= 11 is 0. The molecule has 0 fully saturated rings. The Labute approximate surface area is 117 Å². The van der Waals surface area contributed by atoms with Crippen molar-refractivity contribution < 1.29 is 0 Å². The van der Waals surface area contributed by atoms with Gasteiger partial charge in [-0.1, -0.05) is 6.07 Å². The second kappa shape index (κ2) is 5.34. The maximum atomic E-state index is 5.64. The molecule has 0 unspecified atom stereocenters. The van der Waals surface area contributed by atoms with Gasteiger partial charge in [-0.3, -0.25) is 0 Å². The summed E-state index contributed by atoms with van der Waals surface area (Å²) in [6.07, 6.45) is 4.47. The quantitative estimate of drug-likeness (QED) is 0.654. The second-order valence-corrected chi connectivity index (χ2v) is 4.79. The maximum Gasteiger partial charge on any atom is 0.221 e. The molecule has 6 heteroatoms. The number of benzene rings is 1. The van der Waals surface area contributed by atoms with Crippen LogP contribution in [0, 0.1) is 0 Å². The normalized spacial score (nSPS) is 11.1. The largest absolute Gasteiger partial charge is 0.361 e. The van der Waals surface area contributed by atoms with E-state index in [4.69, 9.17) is 5.73 Å². The van der Waals surface area contributed by atoms with Crippen LogP contribution in [0.15, 0.2) is 30.7 Å². The minimum Gasteiger partial charge on any atom is -0.361 e. The highest BCUT2D eigenvalue weighted by atomic mass is 15.4. The van der Waals surface area contributed by atoms with Crippen molar-refractivity contribution in [3.05, 3.63) is 41.9 Å². The third-order valence-corrected chi connectivity index (χ3v) is 3.41. The van der Waals surface area contributed by atoms with E-state index in [0.717, 1.165) is 24.4 Å². The summed E-state index contributed by atoms with van der Waals surface area (Å²) in [6.45, 7) is 1.38. The zero-order chi connectivity index (χ0) is 13.9. The van der Waals surface area contributed by atoms with Gasteiger partial charge in [-0.2, -0.15) is 10.1 Å². The van der Waals surface area contributed by atoms with Crippen molar-refractivity contribution in [2.45, 2.75) is 13.0 Å². The van der Waals surface area contributed by atoms with Gasteiger partial charge in [0.2, 0.25) is 5.95 Å². The van der Waals surface area contributed by atoms with Crippen LogP contribution in [0.3, 0.4) is 0 Å². The number of nitrogens with zero attached hydrogens (tertiary/aromatic N) is 3. The minimum atomic E-state index is 0.661. The van der Waals surface area contributed by atoms with Crippen molar-refractivity contribution in [1.29, 1.82) is 0 Å². The van der Waals surface area contributed by atoms with Gasteiger partial charge in [0.05, 0.1) is 0 Å². The second-order valence-electron chi connectivity index (χ2n) is 4.79. The third kappa shape index (κ3) is 2.37. The molecular weight excluding hydrogens is 252 g/mol. The summed E-state index contributed by atoms with van der Waals surface area (Å²) in [7, 11) is 1.87. The molecule has 1 aromatic carbocycles. The molecule has 4 N–H and O–H groups in total. The van der Waals surface area contributed by atoms with Crippen LogP contribution in [0.2, 0.25) is 0 Å². The summed E-state index contributed by atoms with van der Waals surface area (Å²) in [6, 6.07) is 6.40. The molecule has 0 amide bonds. The van der Waals surface area contributed by atoms with Crippen molar-refractivity contribution in [3.63, 3.8) is 0 Å². The Morgan fingerprint density at radius 1 is 1.40 bits per heavy atom.